The minimum absolute atomic E-state index is 0.0120. The molecule has 1 amide bonds. The maximum atomic E-state index is 12.5. The van der Waals surface area contributed by atoms with Gasteiger partial charge in [-0.25, -0.2) is 0 Å². The van der Waals surface area contributed by atoms with Crippen LogP contribution in [-0.4, -0.2) is 47.7 Å². The van der Waals surface area contributed by atoms with Crippen LogP contribution in [0.25, 0.3) is 0 Å². The molecule has 2 aliphatic rings. The number of hydrogen-bond donors (Lipinski definition) is 2. The highest BCUT2D eigenvalue weighted by molar-refractivity contribution is 5.82. The Morgan fingerprint density at radius 1 is 1.26 bits per heavy atom. The molecule has 2 fully saturated rings. The minimum Gasteiger partial charge on any atom is -0.396 e. The first-order valence-corrected chi connectivity index (χ1v) is 7.92. The van der Waals surface area contributed by atoms with E-state index in [0.717, 1.165) is 18.9 Å². The number of carbonyl (C=O) groups excluding carboxylic acids is 1. The van der Waals surface area contributed by atoms with E-state index in [-0.39, 0.29) is 18.6 Å². The summed E-state index contributed by atoms with van der Waals surface area (Å²) in [6.07, 6.45) is 8.09. The molecule has 1 saturated carbocycles. The molecule has 0 spiro atoms. The third-order valence-electron chi connectivity index (χ3n) is 4.73. The average molecular weight is 268 g/mol. The molecule has 0 aromatic rings. The Bertz CT molecular complexity index is 296. The van der Waals surface area contributed by atoms with E-state index < -0.39 is 0 Å². The largest absolute Gasteiger partial charge is 0.396 e. The first-order chi connectivity index (χ1) is 9.26. The molecule has 0 radical (unpaired) electrons. The van der Waals surface area contributed by atoms with Crippen LogP contribution in [0.1, 0.15) is 51.9 Å². The minimum atomic E-state index is 0.0120. The molecule has 0 aromatic heterocycles. The topological polar surface area (TPSA) is 52.6 Å². The summed E-state index contributed by atoms with van der Waals surface area (Å²) in [4.78, 5) is 14.4. The second-order valence-corrected chi connectivity index (χ2v) is 5.94. The number of hydrogen-bond acceptors (Lipinski definition) is 3. The summed E-state index contributed by atoms with van der Waals surface area (Å²) in [5.74, 6) is 1.03. The van der Waals surface area contributed by atoms with Crippen molar-refractivity contribution in [3.8, 4) is 0 Å². The normalized spacial score (nSPS) is 30.7. The molecule has 1 aliphatic heterocycles. The first kappa shape index (κ1) is 14.8. The van der Waals surface area contributed by atoms with E-state index >= 15 is 0 Å². The molecule has 110 valence electrons. The number of rotatable bonds is 5. The predicted molar refractivity (Wildman–Crippen MR) is 75.9 cm³/mol. The lowest BCUT2D eigenvalue weighted by atomic mass is 9.77. The van der Waals surface area contributed by atoms with Gasteiger partial charge in [-0.3, -0.25) is 4.79 Å². The van der Waals surface area contributed by atoms with Crippen molar-refractivity contribution in [1.29, 1.82) is 0 Å². The molecular weight excluding hydrogens is 240 g/mol. The van der Waals surface area contributed by atoms with E-state index in [2.05, 4.69) is 5.32 Å². The van der Waals surface area contributed by atoms with Gasteiger partial charge in [-0.15, -0.1) is 0 Å². The number of nitrogens with zero attached hydrogens (tertiary/aromatic N) is 1. The van der Waals surface area contributed by atoms with Crippen molar-refractivity contribution in [2.75, 3.05) is 19.7 Å². The van der Waals surface area contributed by atoms with Crippen LogP contribution in [0.5, 0.6) is 0 Å². The summed E-state index contributed by atoms with van der Waals surface area (Å²) in [6, 6.07) is 0.575. The quantitative estimate of drug-likeness (QED) is 0.795. The van der Waals surface area contributed by atoms with Crippen molar-refractivity contribution < 1.29 is 9.90 Å². The van der Waals surface area contributed by atoms with Crippen molar-refractivity contribution in [2.24, 2.45) is 5.92 Å². The SMILES string of the molecule is CCN(CCCO)C(=O)C1CCC2CCCCC2N1. The molecule has 1 aliphatic carbocycles. The summed E-state index contributed by atoms with van der Waals surface area (Å²) >= 11 is 0. The van der Waals surface area contributed by atoms with Crippen LogP contribution in [0.2, 0.25) is 0 Å². The maximum Gasteiger partial charge on any atom is 0.239 e. The van der Waals surface area contributed by atoms with Gasteiger partial charge in [-0.1, -0.05) is 12.8 Å². The summed E-state index contributed by atoms with van der Waals surface area (Å²) in [6.45, 7) is 3.59. The van der Waals surface area contributed by atoms with Crippen LogP contribution in [0, 0.1) is 5.92 Å². The van der Waals surface area contributed by atoms with Gasteiger partial charge in [-0.05, 0) is 44.9 Å². The molecule has 3 atom stereocenters. The highest BCUT2D eigenvalue weighted by atomic mass is 16.3. The van der Waals surface area contributed by atoms with Crippen molar-refractivity contribution in [3.63, 3.8) is 0 Å². The van der Waals surface area contributed by atoms with E-state index in [0.29, 0.717) is 19.0 Å². The zero-order chi connectivity index (χ0) is 13.7. The van der Waals surface area contributed by atoms with E-state index in [4.69, 9.17) is 5.11 Å². The highest BCUT2D eigenvalue weighted by Gasteiger charge is 2.35. The van der Waals surface area contributed by atoms with Gasteiger partial charge >= 0.3 is 0 Å². The molecule has 1 saturated heterocycles. The van der Waals surface area contributed by atoms with Gasteiger partial charge in [0.05, 0.1) is 6.04 Å². The Morgan fingerprint density at radius 3 is 2.79 bits per heavy atom. The fourth-order valence-corrected chi connectivity index (χ4v) is 3.60. The van der Waals surface area contributed by atoms with Gasteiger partial charge in [0.15, 0.2) is 0 Å². The van der Waals surface area contributed by atoms with Crippen LogP contribution >= 0.6 is 0 Å². The molecule has 1 heterocycles. The van der Waals surface area contributed by atoms with Gasteiger partial charge in [0.1, 0.15) is 0 Å². The number of likely N-dealkylation sites (N-methyl/N-ethyl adjacent to an activating group) is 1. The molecule has 2 N–H and O–H groups in total. The number of piperidine rings is 1. The van der Waals surface area contributed by atoms with Gasteiger partial charge in [0, 0.05) is 25.7 Å². The fraction of sp³-hybridized carbons (Fsp3) is 0.933. The van der Waals surface area contributed by atoms with Crippen LogP contribution < -0.4 is 5.32 Å². The van der Waals surface area contributed by atoms with E-state index in [1.54, 1.807) is 0 Å². The molecule has 19 heavy (non-hydrogen) atoms. The number of carbonyl (C=O) groups is 1. The van der Waals surface area contributed by atoms with E-state index in [1.807, 2.05) is 11.8 Å². The van der Waals surface area contributed by atoms with Crippen LogP contribution in [0.3, 0.4) is 0 Å². The molecule has 0 aromatic carbocycles. The summed E-state index contributed by atoms with van der Waals surface area (Å²) in [5.41, 5.74) is 0. The van der Waals surface area contributed by atoms with Crippen LogP contribution in [0.15, 0.2) is 0 Å². The summed E-state index contributed by atoms with van der Waals surface area (Å²) in [5, 5.41) is 12.5. The third-order valence-corrected chi connectivity index (χ3v) is 4.73. The van der Waals surface area contributed by atoms with Crippen LogP contribution in [-0.2, 0) is 4.79 Å². The van der Waals surface area contributed by atoms with Crippen molar-refractivity contribution in [3.05, 3.63) is 0 Å². The van der Waals surface area contributed by atoms with Gasteiger partial charge in [-0.2, -0.15) is 0 Å². The van der Waals surface area contributed by atoms with Gasteiger partial charge < -0.3 is 15.3 Å². The lowest BCUT2D eigenvalue weighted by Crippen LogP contribution is -2.55. The average Bonchev–Trinajstić information content (AvgIpc) is 2.47. The first-order valence-electron chi connectivity index (χ1n) is 7.92. The molecule has 4 heteroatoms. The Hall–Kier alpha value is -0.610. The van der Waals surface area contributed by atoms with E-state index in [1.165, 1.54) is 32.1 Å². The summed E-state index contributed by atoms with van der Waals surface area (Å²) < 4.78 is 0. The smallest absolute Gasteiger partial charge is 0.239 e. The number of aliphatic hydroxyl groups is 1. The monoisotopic (exact) mass is 268 g/mol. The standard InChI is InChI=1S/C15H28N2O2/c1-2-17(10-5-11-18)15(19)14-9-8-12-6-3-4-7-13(12)16-14/h12-14,16,18H,2-11H2,1H3. The van der Waals surface area contributed by atoms with Crippen molar-refractivity contribution >= 4 is 5.91 Å². The van der Waals surface area contributed by atoms with Gasteiger partial charge in [0.2, 0.25) is 5.91 Å². The van der Waals surface area contributed by atoms with Crippen molar-refractivity contribution in [2.45, 2.75) is 64.0 Å². The Morgan fingerprint density at radius 2 is 2.05 bits per heavy atom. The molecule has 0 bridgehead atoms. The third kappa shape index (κ3) is 3.69. The van der Waals surface area contributed by atoms with E-state index in [9.17, 15) is 4.79 Å². The number of aliphatic hydroxyl groups excluding tert-OH is 1. The zero-order valence-electron chi connectivity index (χ0n) is 12.1. The number of amides is 1. The molecule has 2 rings (SSSR count). The zero-order valence-corrected chi connectivity index (χ0v) is 12.1. The summed E-state index contributed by atoms with van der Waals surface area (Å²) in [7, 11) is 0. The molecular formula is C15H28N2O2. The second kappa shape index (κ2) is 7.25. The Kier molecular flexibility index (Phi) is 5.64. The maximum absolute atomic E-state index is 12.5. The fourth-order valence-electron chi connectivity index (χ4n) is 3.60. The Labute approximate surface area is 116 Å². The number of nitrogens with one attached hydrogen (secondary N) is 1. The lowest BCUT2D eigenvalue weighted by molar-refractivity contribution is -0.134. The molecule has 3 unspecified atom stereocenters. The number of fused-ring (bicyclic) bond motifs is 1. The second-order valence-electron chi connectivity index (χ2n) is 5.94. The predicted octanol–water partition coefficient (Wildman–Crippen LogP) is 1.53. The van der Waals surface area contributed by atoms with Crippen molar-refractivity contribution in [1.82, 2.24) is 10.2 Å². The highest BCUT2D eigenvalue weighted by Crippen LogP contribution is 2.32. The lowest BCUT2D eigenvalue weighted by Gasteiger charge is -2.41. The van der Waals surface area contributed by atoms with Gasteiger partial charge in [0.25, 0.3) is 0 Å². The van der Waals surface area contributed by atoms with Crippen LogP contribution in [0.4, 0.5) is 0 Å². The molecule has 4 nitrogen and oxygen atoms in total. The Balaban J connectivity index is 1.88.